The van der Waals surface area contributed by atoms with Gasteiger partial charge in [0.15, 0.2) is 11.4 Å². The van der Waals surface area contributed by atoms with E-state index in [-0.39, 0.29) is 36.6 Å². The fourth-order valence-electron chi connectivity index (χ4n) is 3.68. The molecule has 0 radical (unpaired) electrons. The van der Waals surface area contributed by atoms with Gasteiger partial charge in [0.1, 0.15) is 23.9 Å². The number of rotatable bonds is 3. The van der Waals surface area contributed by atoms with Crippen LogP contribution in [-0.4, -0.2) is 45.2 Å². The van der Waals surface area contributed by atoms with Gasteiger partial charge < -0.3 is 15.3 Å². The number of benzene rings is 1. The first-order chi connectivity index (χ1) is 14.7. The molecular formula is C21H20F2N4O4. The molecule has 4 rings (SSSR count). The van der Waals surface area contributed by atoms with E-state index in [1.807, 2.05) is 26.0 Å². The summed E-state index contributed by atoms with van der Waals surface area (Å²) in [6.07, 6.45) is 4.94. The van der Waals surface area contributed by atoms with E-state index in [4.69, 9.17) is 0 Å². The van der Waals surface area contributed by atoms with Crippen LogP contribution in [-0.2, 0) is 6.54 Å². The summed E-state index contributed by atoms with van der Waals surface area (Å²) in [5.74, 6) is -3.81. The van der Waals surface area contributed by atoms with Crippen molar-refractivity contribution in [3.8, 4) is 5.75 Å². The minimum Gasteiger partial charge on any atom is -0.502 e. The molecule has 0 saturated heterocycles. The lowest BCUT2D eigenvalue weighted by atomic mass is 10.1. The Morgan fingerprint density at radius 2 is 1.90 bits per heavy atom. The highest BCUT2D eigenvalue weighted by molar-refractivity contribution is 5.99. The highest BCUT2D eigenvalue weighted by Gasteiger charge is 2.38. The largest absolute Gasteiger partial charge is 0.502 e. The van der Waals surface area contributed by atoms with Gasteiger partial charge in [0.2, 0.25) is 5.43 Å². The number of aromatic nitrogens is 1. The monoisotopic (exact) mass is 430 g/mol. The molecule has 2 aliphatic heterocycles. The summed E-state index contributed by atoms with van der Waals surface area (Å²) < 4.78 is 28.2. The Bertz CT molecular complexity index is 1180. The molecule has 2 bridgehead atoms. The van der Waals surface area contributed by atoms with Gasteiger partial charge in [-0.1, -0.05) is 18.2 Å². The number of pyridine rings is 1. The molecule has 2 amide bonds. The Hall–Kier alpha value is -3.69. The Kier molecular flexibility index (Phi) is 5.00. The molecule has 2 atom stereocenters. The second-order valence-corrected chi connectivity index (χ2v) is 7.55. The fourth-order valence-corrected chi connectivity index (χ4v) is 3.68. The summed E-state index contributed by atoms with van der Waals surface area (Å²) in [6, 6.07) is 2.49. The third kappa shape index (κ3) is 3.43. The summed E-state index contributed by atoms with van der Waals surface area (Å²) >= 11 is 0. The van der Waals surface area contributed by atoms with E-state index >= 15 is 0 Å². The van der Waals surface area contributed by atoms with Crippen LogP contribution >= 0.6 is 0 Å². The van der Waals surface area contributed by atoms with Gasteiger partial charge in [-0.3, -0.25) is 24.1 Å². The standard InChI is InChI=1S/C21H20F2N4O4/c1-11-3-4-12(2)27-10-25(11)21(31)17-19(29)18(28)15(9-26(17)27)20(30)24-8-13-5-6-14(22)7-16(13)23/h3-7,9,11-12,29H,8,10H2,1-2H3,(H,24,30)/t11-,12-/m0/s1. The van der Waals surface area contributed by atoms with Crippen LogP contribution < -0.4 is 15.8 Å². The first kappa shape index (κ1) is 20.6. The number of hydrogen-bond acceptors (Lipinski definition) is 5. The number of nitrogens with zero attached hydrogens (tertiary/aromatic N) is 3. The van der Waals surface area contributed by atoms with E-state index in [1.54, 1.807) is 5.01 Å². The van der Waals surface area contributed by atoms with Gasteiger partial charge in [0.05, 0.1) is 6.04 Å². The lowest BCUT2D eigenvalue weighted by Crippen LogP contribution is -2.57. The smallest absolute Gasteiger partial charge is 0.278 e. The van der Waals surface area contributed by atoms with Gasteiger partial charge in [-0.15, -0.1) is 0 Å². The molecule has 2 aromatic rings. The number of carbonyl (C=O) groups is 2. The van der Waals surface area contributed by atoms with Crippen LogP contribution in [0.25, 0.3) is 0 Å². The highest BCUT2D eigenvalue weighted by atomic mass is 19.1. The molecule has 1 aromatic carbocycles. The van der Waals surface area contributed by atoms with Crippen molar-refractivity contribution in [2.75, 3.05) is 11.7 Å². The molecule has 1 aromatic heterocycles. The molecule has 31 heavy (non-hydrogen) atoms. The Morgan fingerprint density at radius 1 is 1.19 bits per heavy atom. The van der Waals surface area contributed by atoms with Gasteiger partial charge in [0, 0.05) is 30.4 Å². The predicted molar refractivity (Wildman–Crippen MR) is 107 cm³/mol. The summed E-state index contributed by atoms with van der Waals surface area (Å²) in [4.78, 5) is 39.7. The third-order valence-corrected chi connectivity index (χ3v) is 5.53. The highest BCUT2D eigenvalue weighted by Crippen LogP contribution is 2.26. The van der Waals surface area contributed by atoms with Crippen LogP contribution in [0.3, 0.4) is 0 Å². The van der Waals surface area contributed by atoms with Crippen LogP contribution in [0, 0.1) is 11.6 Å². The molecule has 3 heterocycles. The quantitative estimate of drug-likeness (QED) is 0.719. The molecule has 0 saturated carbocycles. The molecule has 2 aliphatic rings. The summed E-state index contributed by atoms with van der Waals surface area (Å²) in [6.45, 7) is 3.61. The third-order valence-electron chi connectivity index (χ3n) is 5.53. The number of nitrogens with one attached hydrogen (secondary N) is 1. The maximum Gasteiger partial charge on any atom is 0.278 e. The Labute approximate surface area is 176 Å². The molecule has 2 N–H and O–H groups in total. The molecule has 8 nitrogen and oxygen atoms in total. The van der Waals surface area contributed by atoms with E-state index in [0.29, 0.717) is 6.07 Å². The normalized spacial score (nSPS) is 19.8. The van der Waals surface area contributed by atoms with Gasteiger partial charge in [-0.05, 0) is 19.9 Å². The van der Waals surface area contributed by atoms with Crippen molar-refractivity contribution in [2.24, 2.45) is 0 Å². The van der Waals surface area contributed by atoms with Crippen LogP contribution in [0.5, 0.6) is 5.75 Å². The number of halogens is 2. The van der Waals surface area contributed by atoms with Gasteiger partial charge in [0.25, 0.3) is 11.8 Å². The van der Waals surface area contributed by atoms with Crippen LogP contribution in [0.2, 0.25) is 0 Å². The number of fused-ring (bicyclic) bond motifs is 4. The molecule has 162 valence electrons. The van der Waals surface area contributed by atoms with Gasteiger partial charge in [-0.25, -0.2) is 8.78 Å². The first-order valence-electron chi connectivity index (χ1n) is 9.66. The zero-order valence-corrected chi connectivity index (χ0v) is 16.8. The molecule has 0 aliphatic carbocycles. The van der Waals surface area contributed by atoms with Gasteiger partial charge in [-0.2, -0.15) is 0 Å². The number of hydrogen-bond donors (Lipinski definition) is 2. The first-order valence-corrected chi connectivity index (χ1v) is 9.66. The summed E-state index contributed by atoms with van der Waals surface area (Å²) in [7, 11) is 0. The van der Waals surface area contributed by atoms with Crippen LogP contribution in [0.4, 0.5) is 8.78 Å². The van der Waals surface area contributed by atoms with E-state index in [9.17, 15) is 28.3 Å². The minimum atomic E-state index is -1.01. The van der Waals surface area contributed by atoms with Crippen molar-refractivity contribution in [1.29, 1.82) is 0 Å². The Morgan fingerprint density at radius 3 is 2.61 bits per heavy atom. The van der Waals surface area contributed by atoms with Crippen molar-refractivity contribution in [3.05, 3.63) is 75.2 Å². The van der Waals surface area contributed by atoms with E-state index in [2.05, 4.69) is 5.32 Å². The van der Waals surface area contributed by atoms with E-state index in [1.165, 1.54) is 21.8 Å². The maximum absolute atomic E-state index is 13.8. The zero-order chi connectivity index (χ0) is 22.4. The Balaban J connectivity index is 1.70. The molecule has 0 spiro atoms. The molecule has 0 fully saturated rings. The van der Waals surface area contributed by atoms with E-state index < -0.39 is 40.2 Å². The van der Waals surface area contributed by atoms with Crippen molar-refractivity contribution in [2.45, 2.75) is 32.5 Å². The molecule has 0 unspecified atom stereocenters. The fraction of sp³-hybridized carbons (Fsp3) is 0.286. The lowest BCUT2D eigenvalue weighted by Gasteiger charge is -2.41. The topological polar surface area (TPSA) is 94.9 Å². The summed E-state index contributed by atoms with van der Waals surface area (Å²) in [5.41, 5.74) is -1.60. The maximum atomic E-state index is 13.8. The molecular weight excluding hydrogens is 410 g/mol. The van der Waals surface area contributed by atoms with Crippen LogP contribution in [0.1, 0.15) is 40.3 Å². The van der Waals surface area contributed by atoms with E-state index in [0.717, 1.165) is 6.07 Å². The number of carbonyl (C=O) groups excluding carboxylic acids is 2. The lowest BCUT2D eigenvalue weighted by molar-refractivity contribution is 0.0652. The zero-order valence-electron chi connectivity index (χ0n) is 16.8. The second-order valence-electron chi connectivity index (χ2n) is 7.55. The van der Waals surface area contributed by atoms with Crippen molar-refractivity contribution >= 4 is 11.8 Å². The van der Waals surface area contributed by atoms with Gasteiger partial charge >= 0.3 is 0 Å². The second kappa shape index (κ2) is 7.53. The van der Waals surface area contributed by atoms with Crippen molar-refractivity contribution in [1.82, 2.24) is 14.9 Å². The van der Waals surface area contributed by atoms with Crippen molar-refractivity contribution in [3.63, 3.8) is 0 Å². The number of aromatic hydroxyl groups is 1. The van der Waals surface area contributed by atoms with Crippen LogP contribution in [0.15, 0.2) is 41.3 Å². The van der Waals surface area contributed by atoms with Crippen molar-refractivity contribution < 1.29 is 23.5 Å². The number of amides is 2. The summed E-state index contributed by atoms with van der Waals surface area (Å²) in [5, 5.41) is 14.6. The average Bonchev–Trinajstić information content (AvgIpc) is 2.85. The average molecular weight is 430 g/mol. The minimum absolute atomic E-state index is 0.0307. The predicted octanol–water partition coefficient (Wildman–Crippen LogP) is 1.46. The molecule has 10 heteroatoms. The SMILES string of the molecule is C[C@H]1C=C[C@H](C)N2CN1C(=O)c1c(O)c(=O)c(C(=O)NCc3ccc(F)cc3F)cn12.